The van der Waals surface area contributed by atoms with E-state index in [1.54, 1.807) is 14.0 Å². The summed E-state index contributed by atoms with van der Waals surface area (Å²) in [5.41, 5.74) is 5.84. The van der Waals surface area contributed by atoms with Gasteiger partial charge in [-0.1, -0.05) is 12.1 Å². The molecular weight excluding hydrogens is 294 g/mol. The number of benzene rings is 1. The van der Waals surface area contributed by atoms with Crippen LogP contribution in [0.2, 0.25) is 0 Å². The van der Waals surface area contributed by atoms with Crippen molar-refractivity contribution >= 4 is 21.6 Å². The lowest BCUT2D eigenvalue weighted by molar-refractivity contribution is 0.0786. The molecule has 0 saturated heterocycles. The Balaban J connectivity index is 2.84. The average Bonchev–Trinajstić information content (AvgIpc) is 2.44. The number of carbonyl (C=O) groups excluding carboxylic acids is 1. The van der Waals surface area contributed by atoms with Crippen molar-refractivity contribution in [3.63, 3.8) is 0 Å². The van der Waals surface area contributed by atoms with Crippen molar-refractivity contribution in [2.75, 3.05) is 19.8 Å². The highest BCUT2D eigenvalue weighted by Gasteiger charge is 2.17. The van der Waals surface area contributed by atoms with Crippen LogP contribution in [0.1, 0.15) is 17.3 Å². The predicted octanol–water partition coefficient (Wildman–Crippen LogP) is 0.545. The number of nitrogens with two attached hydrogens (primary N) is 1. The monoisotopic (exact) mass is 313 g/mol. The van der Waals surface area contributed by atoms with Gasteiger partial charge in [0.1, 0.15) is 5.84 Å². The number of amidine groups is 1. The molecule has 1 aromatic rings. The van der Waals surface area contributed by atoms with Gasteiger partial charge >= 0.3 is 0 Å². The standard InChI is InChI=1S/C13H19N3O4S/c1-9(12(14)15-18)8-16(2)13(17)10-4-6-11(7-5-10)21(3,19)20/h4-7,9,18H,8H2,1-3H3,(H2,14,15). The SMILES string of the molecule is CC(CN(C)C(=O)c1ccc(S(C)(=O)=O)cc1)C(N)=NO. The number of oxime groups is 1. The third-order valence-corrected chi connectivity index (χ3v) is 4.17. The molecule has 0 heterocycles. The van der Waals surface area contributed by atoms with Crippen LogP contribution in [-0.2, 0) is 9.84 Å². The Hall–Kier alpha value is -2.09. The Morgan fingerprint density at radius 1 is 1.38 bits per heavy atom. The average molecular weight is 313 g/mol. The summed E-state index contributed by atoms with van der Waals surface area (Å²) in [6, 6.07) is 5.71. The molecule has 1 amide bonds. The van der Waals surface area contributed by atoms with Gasteiger partial charge in [0.2, 0.25) is 0 Å². The normalized spacial score (nSPS) is 13.8. The minimum atomic E-state index is -3.28. The maximum Gasteiger partial charge on any atom is 0.253 e. The minimum Gasteiger partial charge on any atom is -0.409 e. The summed E-state index contributed by atoms with van der Waals surface area (Å²) in [5, 5.41) is 11.5. The molecule has 0 bridgehead atoms. The van der Waals surface area contributed by atoms with Gasteiger partial charge in [0.25, 0.3) is 5.91 Å². The molecule has 0 aliphatic rings. The van der Waals surface area contributed by atoms with Gasteiger partial charge in [0.15, 0.2) is 9.84 Å². The number of rotatable bonds is 5. The Bertz CT molecular complexity index is 638. The van der Waals surface area contributed by atoms with E-state index in [2.05, 4.69) is 5.16 Å². The summed E-state index contributed by atoms with van der Waals surface area (Å²) in [5.74, 6) is -0.519. The van der Waals surface area contributed by atoms with Crippen molar-refractivity contribution in [2.45, 2.75) is 11.8 Å². The van der Waals surface area contributed by atoms with Gasteiger partial charge in [0, 0.05) is 31.3 Å². The van der Waals surface area contributed by atoms with Gasteiger partial charge in [-0.2, -0.15) is 0 Å². The number of sulfone groups is 1. The van der Waals surface area contributed by atoms with E-state index in [0.717, 1.165) is 6.26 Å². The molecular formula is C13H19N3O4S. The first-order valence-electron chi connectivity index (χ1n) is 6.19. The molecule has 0 saturated carbocycles. The highest BCUT2D eigenvalue weighted by atomic mass is 32.2. The van der Waals surface area contributed by atoms with E-state index in [0.29, 0.717) is 5.56 Å². The highest BCUT2D eigenvalue weighted by Crippen LogP contribution is 2.12. The molecule has 116 valence electrons. The van der Waals surface area contributed by atoms with Crippen LogP contribution in [0.5, 0.6) is 0 Å². The molecule has 0 aliphatic heterocycles. The molecule has 0 aromatic heterocycles. The smallest absolute Gasteiger partial charge is 0.253 e. The summed E-state index contributed by atoms with van der Waals surface area (Å²) >= 11 is 0. The lowest BCUT2D eigenvalue weighted by atomic mass is 10.1. The molecule has 0 aliphatic carbocycles. The quantitative estimate of drug-likeness (QED) is 0.356. The van der Waals surface area contributed by atoms with E-state index in [1.807, 2.05) is 0 Å². The lowest BCUT2D eigenvalue weighted by Crippen LogP contribution is -2.36. The highest BCUT2D eigenvalue weighted by molar-refractivity contribution is 7.90. The van der Waals surface area contributed by atoms with Crippen LogP contribution in [0, 0.1) is 5.92 Å². The molecule has 0 radical (unpaired) electrons. The van der Waals surface area contributed by atoms with E-state index in [4.69, 9.17) is 10.9 Å². The van der Waals surface area contributed by atoms with Crippen LogP contribution in [0.4, 0.5) is 0 Å². The van der Waals surface area contributed by atoms with Gasteiger partial charge in [-0.05, 0) is 24.3 Å². The van der Waals surface area contributed by atoms with Crippen LogP contribution in [0.3, 0.4) is 0 Å². The van der Waals surface area contributed by atoms with Gasteiger partial charge in [-0.25, -0.2) is 8.42 Å². The Morgan fingerprint density at radius 3 is 2.33 bits per heavy atom. The first-order chi connectivity index (χ1) is 9.66. The first-order valence-corrected chi connectivity index (χ1v) is 8.09. The topological polar surface area (TPSA) is 113 Å². The molecule has 0 fully saturated rings. The molecule has 1 atom stereocenters. The summed E-state index contributed by atoms with van der Waals surface area (Å²) in [7, 11) is -1.69. The number of hydrogen-bond acceptors (Lipinski definition) is 5. The second-order valence-electron chi connectivity index (χ2n) is 4.91. The summed E-state index contributed by atoms with van der Waals surface area (Å²) in [6.07, 6.45) is 1.11. The fourth-order valence-corrected chi connectivity index (χ4v) is 2.38. The predicted molar refractivity (Wildman–Crippen MR) is 79.1 cm³/mol. The van der Waals surface area contributed by atoms with Crippen LogP contribution in [0.15, 0.2) is 34.3 Å². The zero-order chi connectivity index (χ0) is 16.2. The lowest BCUT2D eigenvalue weighted by Gasteiger charge is -2.21. The Morgan fingerprint density at radius 2 is 1.90 bits per heavy atom. The molecule has 7 nitrogen and oxygen atoms in total. The third-order valence-electron chi connectivity index (χ3n) is 3.04. The van der Waals surface area contributed by atoms with E-state index in [1.165, 1.54) is 29.2 Å². The molecule has 8 heteroatoms. The van der Waals surface area contributed by atoms with Gasteiger partial charge in [-0.15, -0.1) is 0 Å². The molecule has 21 heavy (non-hydrogen) atoms. The molecule has 1 rings (SSSR count). The van der Waals surface area contributed by atoms with Crippen LogP contribution in [0.25, 0.3) is 0 Å². The van der Waals surface area contributed by atoms with Crippen molar-refractivity contribution < 1.29 is 18.4 Å². The fraction of sp³-hybridized carbons (Fsp3) is 0.385. The van der Waals surface area contributed by atoms with Gasteiger partial charge in [0.05, 0.1) is 4.90 Å². The summed E-state index contributed by atoms with van der Waals surface area (Å²) in [6.45, 7) is 2.01. The van der Waals surface area contributed by atoms with Crippen LogP contribution < -0.4 is 5.73 Å². The third kappa shape index (κ3) is 4.45. The van der Waals surface area contributed by atoms with Gasteiger partial charge in [-0.3, -0.25) is 4.79 Å². The molecule has 1 unspecified atom stereocenters. The summed E-state index contributed by atoms with van der Waals surface area (Å²) in [4.78, 5) is 13.8. The van der Waals surface area contributed by atoms with E-state index >= 15 is 0 Å². The second kappa shape index (κ2) is 6.57. The number of carbonyl (C=O) groups is 1. The van der Waals surface area contributed by atoms with Crippen LogP contribution >= 0.6 is 0 Å². The molecule has 0 spiro atoms. The maximum absolute atomic E-state index is 12.2. The zero-order valence-corrected chi connectivity index (χ0v) is 13.0. The number of nitrogens with zero attached hydrogens (tertiary/aromatic N) is 2. The van der Waals surface area contributed by atoms with Crippen molar-refractivity contribution in [1.29, 1.82) is 0 Å². The molecule has 3 N–H and O–H groups in total. The van der Waals surface area contributed by atoms with E-state index in [-0.39, 0.29) is 29.1 Å². The number of hydrogen-bond donors (Lipinski definition) is 2. The fourth-order valence-electron chi connectivity index (χ4n) is 1.75. The molecule has 1 aromatic carbocycles. The van der Waals surface area contributed by atoms with Crippen molar-refractivity contribution in [3.05, 3.63) is 29.8 Å². The van der Waals surface area contributed by atoms with E-state index < -0.39 is 9.84 Å². The van der Waals surface area contributed by atoms with Gasteiger partial charge < -0.3 is 15.8 Å². The van der Waals surface area contributed by atoms with E-state index in [9.17, 15) is 13.2 Å². The Labute approximate surface area is 124 Å². The van der Waals surface area contributed by atoms with Crippen molar-refractivity contribution in [1.82, 2.24) is 4.90 Å². The van der Waals surface area contributed by atoms with Crippen molar-refractivity contribution in [2.24, 2.45) is 16.8 Å². The van der Waals surface area contributed by atoms with Crippen LogP contribution in [-0.4, -0.2) is 50.1 Å². The minimum absolute atomic E-state index is 0.0436. The largest absolute Gasteiger partial charge is 0.409 e. The first kappa shape index (κ1) is 17.0. The summed E-state index contributed by atoms with van der Waals surface area (Å²) < 4.78 is 22.7. The second-order valence-corrected chi connectivity index (χ2v) is 6.92. The Kier molecular flexibility index (Phi) is 5.31. The zero-order valence-electron chi connectivity index (χ0n) is 12.1. The number of amides is 1. The van der Waals surface area contributed by atoms with Crippen molar-refractivity contribution in [3.8, 4) is 0 Å². The maximum atomic E-state index is 12.2.